The van der Waals surface area contributed by atoms with E-state index in [0.29, 0.717) is 35.6 Å². The van der Waals surface area contributed by atoms with Gasteiger partial charge in [-0.25, -0.2) is 0 Å². The molecular weight excluding hydrogens is 392 g/mol. The average Bonchev–Trinajstić information content (AvgIpc) is 2.82. The van der Waals surface area contributed by atoms with Crippen LogP contribution in [0.1, 0.15) is 43.4 Å². The van der Waals surface area contributed by atoms with Gasteiger partial charge in [-0.05, 0) is 59.5 Å². The first-order valence-electron chi connectivity index (χ1n) is 10.0. The van der Waals surface area contributed by atoms with E-state index >= 15 is 0 Å². The lowest BCUT2D eigenvalue weighted by Crippen LogP contribution is -2.40. The van der Waals surface area contributed by atoms with Crippen molar-refractivity contribution >= 4 is 11.8 Å². The molecule has 0 aromatic heterocycles. The Bertz CT molecular complexity index is 1110. The Morgan fingerprint density at radius 2 is 1.52 bits per heavy atom. The van der Waals surface area contributed by atoms with Gasteiger partial charge >= 0.3 is 0 Å². The highest BCUT2D eigenvalue weighted by Crippen LogP contribution is 2.41. The number of fused-ring (bicyclic) bond motifs is 1. The predicted molar refractivity (Wildman–Crippen MR) is 118 cm³/mol. The van der Waals surface area contributed by atoms with Crippen molar-refractivity contribution in [2.75, 3.05) is 20.8 Å². The SMILES string of the molecule is COc1cc2c(cc1OC)C(c1ccccc1)N(C(=O)c1ccc(C(N)=O)cc1)CC2. The Labute approximate surface area is 181 Å². The summed E-state index contributed by atoms with van der Waals surface area (Å²) < 4.78 is 11.0. The van der Waals surface area contributed by atoms with Gasteiger partial charge in [0.2, 0.25) is 5.91 Å². The minimum Gasteiger partial charge on any atom is -0.493 e. The van der Waals surface area contributed by atoms with Gasteiger partial charge in [-0.2, -0.15) is 0 Å². The van der Waals surface area contributed by atoms with Gasteiger partial charge in [-0.15, -0.1) is 0 Å². The molecule has 2 N–H and O–H groups in total. The number of ether oxygens (including phenoxy) is 2. The van der Waals surface area contributed by atoms with Crippen molar-refractivity contribution < 1.29 is 19.1 Å². The van der Waals surface area contributed by atoms with E-state index in [0.717, 1.165) is 16.7 Å². The lowest BCUT2D eigenvalue weighted by molar-refractivity contribution is 0.0693. The number of rotatable bonds is 5. The molecule has 3 aromatic rings. The molecule has 0 radical (unpaired) electrons. The molecule has 4 rings (SSSR count). The Morgan fingerprint density at radius 3 is 2.13 bits per heavy atom. The third-order valence-corrected chi connectivity index (χ3v) is 5.67. The largest absolute Gasteiger partial charge is 0.493 e. The van der Waals surface area contributed by atoms with E-state index in [1.165, 1.54) is 0 Å². The molecule has 1 unspecified atom stereocenters. The Hall–Kier alpha value is -3.80. The van der Waals surface area contributed by atoms with Crippen molar-refractivity contribution in [1.82, 2.24) is 4.90 Å². The molecule has 6 nitrogen and oxygen atoms in total. The summed E-state index contributed by atoms with van der Waals surface area (Å²) in [6.45, 7) is 0.554. The fraction of sp³-hybridized carbons (Fsp3) is 0.200. The van der Waals surface area contributed by atoms with Gasteiger partial charge in [0.15, 0.2) is 11.5 Å². The van der Waals surface area contributed by atoms with E-state index in [-0.39, 0.29) is 11.9 Å². The summed E-state index contributed by atoms with van der Waals surface area (Å²) >= 11 is 0. The molecule has 1 heterocycles. The highest BCUT2D eigenvalue weighted by Gasteiger charge is 2.33. The molecule has 0 aliphatic carbocycles. The van der Waals surface area contributed by atoms with Crippen molar-refractivity contribution in [3.8, 4) is 11.5 Å². The highest BCUT2D eigenvalue weighted by atomic mass is 16.5. The quantitative estimate of drug-likeness (QED) is 0.689. The van der Waals surface area contributed by atoms with Crippen LogP contribution in [0.4, 0.5) is 0 Å². The number of carbonyl (C=O) groups excluding carboxylic acids is 2. The highest BCUT2D eigenvalue weighted by molar-refractivity contribution is 5.97. The van der Waals surface area contributed by atoms with Crippen LogP contribution in [-0.2, 0) is 6.42 Å². The van der Waals surface area contributed by atoms with Crippen LogP contribution >= 0.6 is 0 Å². The number of hydrogen-bond donors (Lipinski definition) is 1. The van der Waals surface area contributed by atoms with E-state index in [1.54, 1.807) is 38.5 Å². The van der Waals surface area contributed by atoms with E-state index in [4.69, 9.17) is 15.2 Å². The van der Waals surface area contributed by atoms with Gasteiger partial charge in [0.05, 0.1) is 20.3 Å². The van der Waals surface area contributed by atoms with Gasteiger partial charge in [0.25, 0.3) is 5.91 Å². The maximum atomic E-state index is 13.5. The zero-order valence-electron chi connectivity index (χ0n) is 17.5. The van der Waals surface area contributed by atoms with Crippen molar-refractivity contribution in [1.29, 1.82) is 0 Å². The lowest BCUT2D eigenvalue weighted by atomic mass is 9.87. The van der Waals surface area contributed by atoms with Crippen molar-refractivity contribution in [2.24, 2.45) is 5.73 Å². The fourth-order valence-electron chi connectivity index (χ4n) is 4.10. The number of benzene rings is 3. The van der Waals surface area contributed by atoms with Crippen LogP contribution in [0.3, 0.4) is 0 Å². The third-order valence-electron chi connectivity index (χ3n) is 5.67. The standard InChI is InChI=1S/C25H24N2O4/c1-30-21-14-19-12-13-27(25(29)18-10-8-17(9-11-18)24(26)28)23(16-6-4-3-5-7-16)20(19)15-22(21)31-2/h3-11,14-15,23H,12-13H2,1-2H3,(H2,26,28). The molecule has 0 fully saturated rings. The van der Waals surface area contributed by atoms with Crippen LogP contribution in [0.15, 0.2) is 66.7 Å². The first-order chi connectivity index (χ1) is 15.0. The van der Waals surface area contributed by atoms with Gasteiger partial charge in [-0.3, -0.25) is 9.59 Å². The summed E-state index contributed by atoms with van der Waals surface area (Å²) in [6.07, 6.45) is 0.699. The van der Waals surface area contributed by atoms with Crippen LogP contribution in [0, 0.1) is 0 Å². The second-order valence-electron chi connectivity index (χ2n) is 7.41. The normalized spacial score (nSPS) is 15.2. The summed E-state index contributed by atoms with van der Waals surface area (Å²) in [5.74, 6) is 0.677. The monoisotopic (exact) mass is 416 g/mol. The average molecular weight is 416 g/mol. The van der Waals surface area contributed by atoms with E-state index in [9.17, 15) is 9.59 Å². The Balaban J connectivity index is 1.79. The summed E-state index contributed by atoms with van der Waals surface area (Å²) in [5.41, 5.74) is 9.36. The van der Waals surface area contributed by atoms with Gasteiger partial charge in [-0.1, -0.05) is 30.3 Å². The smallest absolute Gasteiger partial charge is 0.254 e. The predicted octanol–water partition coefficient (Wildman–Crippen LogP) is 3.59. The number of primary amides is 1. The number of hydrogen-bond acceptors (Lipinski definition) is 4. The third kappa shape index (κ3) is 3.84. The minimum absolute atomic E-state index is 0.106. The molecule has 31 heavy (non-hydrogen) atoms. The second kappa shape index (κ2) is 8.52. The van der Waals surface area contributed by atoms with Crippen LogP contribution in [0.25, 0.3) is 0 Å². The molecular formula is C25H24N2O4. The number of amides is 2. The number of nitrogens with zero attached hydrogens (tertiary/aromatic N) is 1. The molecule has 0 bridgehead atoms. The molecule has 0 saturated heterocycles. The second-order valence-corrected chi connectivity index (χ2v) is 7.41. The molecule has 6 heteroatoms. The van der Waals surface area contributed by atoms with E-state index < -0.39 is 5.91 Å². The van der Waals surface area contributed by atoms with Crippen LogP contribution in [-0.4, -0.2) is 37.5 Å². The number of methoxy groups -OCH3 is 2. The maximum Gasteiger partial charge on any atom is 0.254 e. The molecule has 2 amide bonds. The Morgan fingerprint density at radius 1 is 0.903 bits per heavy atom. The first kappa shape index (κ1) is 20.5. The van der Waals surface area contributed by atoms with E-state index in [2.05, 4.69) is 0 Å². The summed E-state index contributed by atoms with van der Waals surface area (Å²) in [4.78, 5) is 26.7. The van der Waals surface area contributed by atoms with Crippen molar-refractivity contribution in [3.63, 3.8) is 0 Å². The minimum atomic E-state index is -0.519. The maximum absolute atomic E-state index is 13.5. The number of nitrogens with two attached hydrogens (primary N) is 1. The molecule has 1 aliphatic heterocycles. The summed E-state index contributed by atoms with van der Waals surface area (Å²) in [5, 5.41) is 0. The van der Waals surface area contributed by atoms with Crippen LogP contribution in [0.2, 0.25) is 0 Å². The zero-order valence-corrected chi connectivity index (χ0v) is 17.5. The first-order valence-corrected chi connectivity index (χ1v) is 10.0. The number of carbonyl (C=O) groups is 2. The topological polar surface area (TPSA) is 81.9 Å². The van der Waals surface area contributed by atoms with Crippen LogP contribution in [0.5, 0.6) is 11.5 Å². The molecule has 0 spiro atoms. The molecule has 1 atom stereocenters. The molecule has 1 aliphatic rings. The van der Waals surface area contributed by atoms with Crippen LogP contribution < -0.4 is 15.2 Å². The molecule has 158 valence electrons. The van der Waals surface area contributed by atoms with Gasteiger partial charge in [0.1, 0.15) is 0 Å². The van der Waals surface area contributed by atoms with Gasteiger partial charge in [0, 0.05) is 17.7 Å². The summed E-state index contributed by atoms with van der Waals surface area (Å²) in [7, 11) is 3.22. The Kier molecular flexibility index (Phi) is 5.62. The van der Waals surface area contributed by atoms with Gasteiger partial charge < -0.3 is 20.1 Å². The zero-order chi connectivity index (χ0) is 22.0. The summed E-state index contributed by atoms with van der Waals surface area (Å²) in [6, 6.07) is 20.1. The molecule has 3 aromatic carbocycles. The molecule has 0 saturated carbocycles. The van der Waals surface area contributed by atoms with Crippen molar-refractivity contribution in [3.05, 3.63) is 94.5 Å². The lowest BCUT2D eigenvalue weighted by Gasteiger charge is -2.38. The fourth-order valence-corrected chi connectivity index (χ4v) is 4.10. The van der Waals surface area contributed by atoms with Crippen molar-refractivity contribution in [2.45, 2.75) is 12.5 Å². The van der Waals surface area contributed by atoms with E-state index in [1.807, 2.05) is 47.4 Å².